The Bertz CT molecular complexity index is 882. The molecule has 0 amide bonds. The van der Waals surface area contributed by atoms with Crippen LogP contribution >= 0.6 is 0 Å². The molecule has 4 aliphatic rings. The molecule has 2 aromatic carbocycles. The fraction of sp³-hybridized carbons (Fsp3) is 0.538. The second kappa shape index (κ2) is 5.72. The summed E-state index contributed by atoms with van der Waals surface area (Å²) < 4.78 is 0. The maximum Gasteiger partial charge on any atom is -0.0162 e. The van der Waals surface area contributed by atoms with Crippen LogP contribution in [0.2, 0.25) is 0 Å². The van der Waals surface area contributed by atoms with Crippen molar-refractivity contribution in [2.45, 2.75) is 70.1 Å². The van der Waals surface area contributed by atoms with Crippen LogP contribution in [0.5, 0.6) is 0 Å². The average molecular weight is 343 g/mol. The fourth-order valence-electron chi connectivity index (χ4n) is 6.89. The normalized spacial score (nSPS) is 33.2. The molecule has 4 aliphatic carbocycles. The van der Waals surface area contributed by atoms with E-state index in [1.54, 1.807) is 16.7 Å². The van der Waals surface area contributed by atoms with Crippen LogP contribution in [0.25, 0.3) is 10.8 Å². The van der Waals surface area contributed by atoms with Gasteiger partial charge in [-0.15, -0.1) is 0 Å². The zero-order valence-electron chi connectivity index (χ0n) is 15.8. The Labute approximate surface area is 157 Å². The van der Waals surface area contributed by atoms with Crippen molar-refractivity contribution >= 4 is 10.8 Å². The Kier molecular flexibility index (Phi) is 3.41. The first-order valence-electron chi connectivity index (χ1n) is 11.0. The van der Waals surface area contributed by atoms with Crippen LogP contribution in [0.15, 0.2) is 42.5 Å². The lowest BCUT2D eigenvalue weighted by molar-refractivity contribution is 0.195. The van der Waals surface area contributed by atoms with Crippen molar-refractivity contribution in [3.8, 4) is 0 Å². The maximum absolute atomic E-state index is 2.58. The van der Waals surface area contributed by atoms with E-state index < -0.39 is 0 Å². The highest BCUT2D eigenvalue weighted by atomic mass is 14.5. The summed E-state index contributed by atoms with van der Waals surface area (Å²) in [4.78, 5) is 0. The molecule has 0 N–H and O–H groups in total. The summed E-state index contributed by atoms with van der Waals surface area (Å²) in [5.74, 6) is 2.57. The molecule has 0 heterocycles. The Morgan fingerprint density at radius 2 is 1.73 bits per heavy atom. The van der Waals surface area contributed by atoms with Crippen molar-refractivity contribution in [2.75, 3.05) is 0 Å². The third-order valence-electron chi connectivity index (χ3n) is 8.32. The second-order valence-electron chi connectivity index (χ2n) is 9.79. The van der Waals surface area contributed by atoms with Crippen LogP contribution in [0.3, 0.4) is 0 Å². The van der Waals surface area contributed by atoms with Gasteiger partial charge in [0.05, 0.1) is 0 Å². The van der Waals surface area contributed by atoms with Crippen LogP contribution in [0.4, 0.5) is 0 Å². The highest BCUT2D eigenvalue weighted by Crippen LogP contribution is 2.58. The van der Waals surface area contributed by atoms with Gasteiger partial charge in [0.1, 0.15) is 0 Å². The topological polar surface area (TPSA) is 0 Å². The smallest absolute Gasteiger partial charge is 0.0162 e. The molecule has 2 fully saturated rings. The molecule has 2 bridgehead atoms. The van der Waals surface area contributed by atoms with Gasteiger partial charge < -0.3 is 0 Å². The van der Waals surface area contributed by atoms with Crippen LogP contribution < -0.4 is 0 Å². The number of benzene rings is 2. The van der Waals surface area contributed by atoms with Gasteiger partial charge in [0.2, 0.25) is 0 Å². The second-order valence-corrected chi connectivity index (χ2v) is 9.79. The molecule has 3 unspecified atom stereocenters. The fourth-order valence-corrected chi connectivity index (χ4v) is 6.89. The number of rotatable bonds is 1. The number of aryl methyl sites for hydroxylation is 1. The maximum atomic E-state index is 2.58. The predicted molar refractivity (Wildman–Crippen MR) is 110 cm³/mol. The van der Waals surface area contributed by atoms with E-state index in [4.69, 9.17) is 0 Å². The van der Waals surface area contributed by atoms with Gasteiger partial charge in [0.25, 0.3) is 0 Å². The molecule has 0 nitrogen and oxygen atoms in total. The van der Waals surface area contributed by atoms with Gasteiger partial charge in [-0.05, 0) is 95.6 Å². The highest BCUT2D eigenvalue weighted by molar-refractivity contribution is 5.85. The van der Waals surface area contributed by atoms with Crippen molar-refractivity contribution < 1.29 is 0 Å². The third-order valence-corrected chi connectivity index (χ3v) is 8.32. The van der Waals surface area contributed by atoms with Gasteiger partial charge in [-0.25, -0.2) is 0 Å². The van der Waals surface area contributed by atoms with Gasteiger partial charge in [-0.3, -0.25) is 0 Å². The van der Waals surface area contributed by atoms with Gasteiger partial charge in [-0.2, -0.15) is 0 Å². The number of hydrogen-bond acceptors (Lipinski definition) is 0. The molecule has 6 rings (SSSR count). The first-order chi connectivity index (χ1) is 12.8. The minimum atomic E-state index is 0.598. The van der Waals surface area contributed by atoms with E-state index in [9.17, 15) is 0 Å². The zero-order valence-corrected chi connectivity index (χ0v) is 15.8. The lowest BCUT2D eigenvalue weighted by Crippen LogP contribution is -2.32. The first kappa shape index (κ1) is 15.5. The number of fused-ring (bicyclic) bond motifs is 5. The van der Waals surface area contributed by atoms with E-state index in [2.05, 4.69) is 42.5 Å². The quantitative estimate of drug-likeness (QED) is 0.491. The Morgan fingerprint density at radius 1 is 0.846 bits per heavy atom. The molecule has 1 spiro atoms. The largest absolute Gasteiger partial charge is 0.0851 e. The third kappa shape index (κ3) is 2.34. The Hall–Kier alpha value is -1.56. The highest BCUT2D eigenvalue weighted by Gasteiger charge is 2.49. The summed E-state index contributed by atoms with van der Waals surface area (Å²) in [7, 11) is 0. The summed E-state index contributed by atoms with van der Waals surface area (Å²) in [6.45, 7) is 0. The summed E-state index contributed by atoms with van der Waals surface area (Å²) in [6, 6.07) is 12.5. The molecular formula is C26H30. The van der Waals surface area contributed by atoms with Crippen LogP contribution in [0.1, 0.15) is 74.0 Å². The van der Waals surface area contributed by atoms with E-state index in [1.807, 2.05) is 0 Å². The molecule has 0 aromatic heterocycles. The Morgan fingerprint density at radius 3 is 2.54 bits per heavy atom. The molecule has 0 aliphatic heterocycles. The monoisotopic (exact) mass is 342 g/mol. The first-order valence-corrected chi connectivity index (χ1v) is 11.0. The molecule has 26 heavy (non-hydrogen) atoms. The summed E-state index contributed by atoms with van der Waals surface area (Å²) in [5, 5.41) is 2.97. The minimum absolute atomic E-state index is 0.598. The van der Waals surface area contributed by atoms with Crippen LogP contribution in [-0.4, -0.2) is 0 Å². The molecule has 0 radical (unpaired) electrons. The van der Waals surface area contributed by atoms with E-state index >= 15 is 0 Å². The van der Waals surface area contributed by atoms with Crippen molar-refractivity contribution in [3.05, 3.63) is 59.2 Å². The molecule has 2 saturated carbocycles. The van der Waals surface area contributed by atoms with Gasteiger partial charge in [0, 0.05) is 0 Å². The molecular weight excluding hydrogens is 312 g/mol. The lowest BCUT2D eigenvalue weighted by Gasteiger charge is -2.40. The minimum Gasteiger partial charge on any atom is -0.0851 e. The average Bonchev–Trinajstić information content (AvgIpc) is 3.28. The number of hydrogen-bond donors (Lipinski definition) is 0. The molecule has 2 aromatic rings. The van der Waals surface area contributed by atoms with Gasteiger partial charge in [-0.1, -0.05) is 61.7 Å². The SMILES string of the molecule is C1=CC2CC1CC21CCc2cc3ccc(C4CCCCC4)cc3cc2C1. The van der Waals surface area contributed by atoms with Crippen molar-refractivity contribution in [1.29, 1.82) is 0 Å². The number of allylic oxidation sites excluding steroid dienone is 2. The molecule has 134 valence electrons. The standard InChI is InChI=1S/C26H30/c1-2-4-19(5-3-1)20-7-8-21-13-22-10-11-26(16-18-6-9-25(26)12-18)17-24(22)15-23(21)14-20/h6-9,13-15,18-19,25H,1-5,10-12,16-17H2. The summed E-state index contributed by atoms with van der Waals surface area (Å²) in [5.41, 5.74) is 5.51. The predicted octanol–water partition coefficient (Wildman–Crippen LogP) is 6.96. The molecule has 0 saturated heterocycles. The lowest BCUT2D eigenvalue weighted by atomic mass is 9.64. The van der Waals surface area contributed by atoms with Crippen molar-refractivity contribution in [2.24, 2.45) is 17.3 Å². The van der Waals surface area contributed by atoms with Gasteiger partial charge in [0.15, 0.2) is 0 Å². The van der Waals surface area contributed by atoms with E-state index in [1.165, 1.54) is 75.0 Å². The Balaban J connectivity index is 1.37. The van der Waals surface area contributed by atoms with Crippen LogP contribution in [-0.2, 0) is 12.8 Å². The molecule has 3 atom stereocenters. The zero-order chi connectivity index (χ0) is 17.1. The van der Waals surface area contributed by atoms with E-state index in [0.29, 0.717) is 5.41 Å². The van der Waals surface area contributed by atoms with Crippen molar-refractivity contribution in [3.63, 3.8) is 0 Å². The molecule has 0 heteroatoms. The summed E-state index contributed by atoms with van der Waals surface area (Å²) in [6.07, 6.45) is 19.1. The van der Waals surface area contributed by atoms with Gasteiger partial charge >= 0.3 is 0 Å². The van der Waals surface area contributed by atoms with E-state index in [-0.39, 0.29) is 0 Å². The van der Waals surface area contributed by atoms with Crippen LogP contribution in [0, 0.1) is 17.3 Å². The summed E-state index contributed by atoms with van der Waals surface area (Å²) >= 11 is 0. The van der Waals surface area contributed by atoms with E-state index in [0.717, 1.165) is 17.8 Å². The van der Waals surface area contributed by atoms with Crippen molar-refractivity contribution in [1.82, 2.24) is 0 Å².